The van der Waals surface area contributed by atoms with Crippen molar-refractivity contribution in [2.45, 2.75) is 19.0 Å². The van der Waals surface area contributed by atoms with Gasteiger partial charge in [0.05, 0.1) is 0 Å². The monoisotopic (exact) mass is 254 g/mol. The van der Waals surface area contributed by atoms with Crippen LogP contribution in [0.1, 0.15) is 12.8 Å². The second-order valence-corrected chi connectivity index (χ2v) is 4.12. The van der Waals surface area contributed by atoms with Crippen molar-refractivity contribution in [1.29, 1.82) is 0 Å². The third-order valence-corrected chi connectivity index (χ3v) is 2.49. The molecule has 2 N–H and O–H groups in total. The first kappa shape index (κ1) is 14.2. The zero-order chi connectivity index (χ0) is 12.7. The fourth-order valence-corrected chi connectivity index (χ4v) is 1.67. The first-order chi connectivity index (χ1) is 7.97. The molecule has 7 heteroatoms. The van der Waals surface area contributed by atoms with Crippen molar-refractivity contribution in [3.63, 3.8) is 0 Å². The number of alkyl halides is 3. The zero-order valence-corrected chi connectivity index (χ0v) is 9.48. The molecule has 0 aromatic carbocycles. The minimum Gasteiger partial charge on any atom is -0.362 e. The van der Waals surface area contributed by atoms with Crippen molar-refractivity contribution in [2.75, 3.05) is 32.8 Å². The Morgan fingerprint density at radius 3 is 2.82 bits per heavy atom. The van der Waals surface area contributed by atoms with Crippen molar-refractivity contribution in [3.05, 3.63) is 0 Å². The predicted molar refractivity (Wildman–Crippen MR) is 55.5 cm³/mol. The van der Waals surface area contributed by atoms with Gasteiger partial charge in [-0.1, -0.05) is 0 Å². The minimum absolute atomic E-state index is 0.357. The Hall–Kier alpha value is -0.820. The number of halogens is 3. The summed E-state index contributed by atoms with van der Waals surface area (Å²) >= 11 is 0. The highest BCUT2D eigenvalue weighted by molar-refractivity contribution is 5.77. The van der Waals surface area contributed by atoms with E-state index in [4.69, 9.17) is 0 Å². The standard InChI is InChI=1S/C10H17F3N2O2/c11-10(12,13)7-17-6-9(16)15-5-8-2-1-3-14-4-8/h8,14H,1-7H2,(H,15,16). The van der Waals surface area contributed by atoms with E-state index < -0.39 is 25.3 Å². The highest BCUT2D eigenvalue weighted by atomic mass is 19.4. The summed E-state index contributed by atoms with van der Waals surface area (Å²) in [6.45, 7) is 0.384. The molecule has 1 amide bonds. The van der Waals surface area contributed by atoms with Gasteiger partial charge in [-0.15, -0.1) is 0 Å². The highest BCUT2D eigenvalue weighted by Crippen LogP contribution is 2.14. The Morgan fingerprint density at radius 2 is 2.24 bits per heavy atom. The molecule has 0 saturated carbocycles. The molecule has 1 rings (SSSR count). The number of carbonyl (C=O) groups excluding carboxylic acids is 1. The molecule has 100 valence electrons. The molecule has 1 atom stereocenters. The lowest BCUT2D eigenvalue weighted by atomic mass is 10.00. The van der Waals surface area contributed by atoms with E-state index in [0.29, 0.717) is 12.5 Å². The average molecular weight is 254 g/mol. The lowest BCUT2D eigenvalue weighted by molar-refractivity contribution is -0.175. The first-order valence-electron chi connectivity index (χ1n) is 5.59. The van der Waals surface area contributed by atoms with Crippen molar-refractivity contribution in [3.8, 4) is 0 Å². The second kappa shape index (κ2) is 6.80. The largest absolute Gasteiger partial charge is 0.411 e. The lowest BCUT2D eigenvalue weighted by Gasteiger charge is -2.22. The van der Waals surface area contributed by atoms with E-state index in [-0.39, 0.29) is 0 Å². The minimum atomic E-state index is -4.38. The summed E-state index contributed by atoms with van der Waals surface area (Å²) in [5.41, 5.74) is 0. The van der Waals surface area contributed by atoms with E-state index in [9.17, 15) is 18.0 Å². The zero-order valence-electron chi connectivity index (χ0n) is 9.48. The molecule has 1 unspecified atom stereocenters. The van der Waals surface area contributed by atoms with Crippen LogP contribution in [0.25, 0.3) is 0 Å². The molecule has 0 aromatic heterocycles. The number of piperidine rings is 1. The molecular formula is C10H17F3N2O2. The van der Waals surface area contributed by atoms with Gasteiger partial charge in [0.1, 0.15) is 13.2 Å². The van der Waals surface area contributed by atoms with E-state index in [2.05, 4.69) is 15.4 Å². The van der Waals surface area contributed by atoms with E-state index in [0.717, 1.165) is 25.9 Å². The molecule has 1 aliphatic rings. The average Bonchev–Trinajstić information content (AvgIpc) is 2.26. The SMILES string of the molecule is O=C(COCC(F)(F)F)NCC1CCCNC1. The molecule has 1 aliphatic heterocycles. The third-order valence-electron chi connectivity index (χ3n) is 2.49. The maximum atomic E-state index is 11.7. The topological polar surface area (TPSA) is 50.4 Å². The van der Waals surface area contributed by atoms with E-state index in [1.54, 1.807) is 0 Å². The van der Waals surface area contributed by atoms with Crippen molar-refractivity contribution < 1.29 is 22.7 Å². The van der Waals surface area contributed by atoms with Gasteiger partial charge < -0.3 is 15.4 Å². The van der Waals surface area contributed by atoms with E-state index >= 15 is 0 Å². The van der Waals surface area contributed by atoms with Crippen LogP contribution in [0.2, 0.25) is 0 Å². The van der Waals surface area contributed by atoms with Crippen LogP contribution in [0.4, 0.5) is 13.2 Å². The molecule has 1 heterocycles. The highest BCUT2D eigenvalue weighted by Gasteiger charge is 2.27. The number of ether oxygens (including phenoxy) is 1. The quantitative estimate of drug-likeness (QED) is 0.758. The van der Waals surface area contributed by atoms with Crippen molar-refractivity contribution >= 4 is 5.91 Å². The fourth-order valence-electron chi connectivity index (χ4n) is 1.67. The first-order valence-corrected chi connectivity index (χ1v) is 5.59. The van der Waals surface area contributed by atoms with Gasteiger partial charge in [-0.25, -0.2) is 0 Å². The van der Waals surface area contributed by atoms with Gasteiger partial charge in [0.25, 0.3) is 0 Å². The Balaban J connectivity index is 2.04. The summed E-state index contributed by atoms with van der Waals surface area (Å²) < 4.78 is 39.4. The van der Waals surface area contributed by atoms with Crippen LogP contribution in [0.15, 0.2) is 0 Å². The Labute approximate surface area is 97.9 Å². The predicted octanol–water partition coefficient (Wildman–Crippen LogP) is 0.681. The van der Waals surface area contributed by atoms with Gasteiger partial charge >= 0.3 is 6.18 Å². The van der Waals surface area contributed by atoms with Crippen LogP contribution in [-0.4, -0.2) is 44.9 Å². The summed E-state index contributed by atoms with van der Waals surface area (Å²) in [6.07, 6.45) is -2.30. The Kier molecular flexibility index (Phi) is 5.70. The van der Waals surface area contributed by atoms with Crippen LogP contribution in [0.5, 0.6) is 0 Å². The number of hydrogen-bond acceptors (Lipinski definition) is 3. The summed E-state index contributed by atoms with van der Waals surface area (Å²) in [6, 6.07) is 0. The van der Waals surface area contributed by atoms with E-state index in [1.807, 2.05) is 0 Å². The van der Waals surface area contributed by atoms with Crippen molar-refractivity contribution in [1.82, 2.24) is 10.6 Å². The lowest BCUT2D eigenvalue weighted by Crippen LogP contribution is -2.39. The molecule has 1 saturated heterocycles. The Morgan fingerprint density at radius 1 is 1.47 bits per heavy atom. The Bertz CT molecular complexity index is 240. The molecule has 0 bridgehead atoms. The van der Waals surface area contributed by atoms with Crippen LogP contribution in [-0.2, 0) is 9.53 Å². The van der Waals surface area contributed by atoms with Gasteiger partial charge in [-0.2, -0.15) is 13.2 Å². The van der Waals surface area contributed by atoms with Crippen LogP contribution in [0.3, 0.4) is 0 Å². The fraction of sp³-hybridized carbons (Fsp3) is 0.900. The van der Waals surface area contributed by atoms with Gasteiger partial charge in [0.2, 0.25) is 5.91 Å². The summed E-state index contributed by atoms with van der Waals surface area (Å²) in [4.78, 5) is 11.1. The summed E-state index contributed by atoms with van der Waals surface area (Å²) in [7, 11) is 0. The number of nitrogens with one attached hydrogen (secondary N) is 2. The van der Waals surface area contributed by atoms with Crippen LogP contribution >= 0.6 is 0 Å². The summed E-state index contributed by atoms with van der Waals surface area (Å²) in [5, 5.41) is 5.76. The van der Waals surface area contributed by atoms with Gasteiger partial charge in [0.15, 0.2) is 0 Å². The third kappa shape index (κ3) is 7.17. The molecule has 17 heavy (non-hydrogen) atoms. The van der Waals surface area contributed by atoms with Gasteiger partial charge in [0, 0.05) is 6.54 Å². The molecule has 0 aromatic rings. The number of hydrogen-bond donors (Lipinski definition) is 2. The van der Waals surface area contributed by atoms with Gasteiger partial charge in [-0.05, 0) is 31.8 Å². The summed E-state index contributed by atoms with van der Waals surface area (Å²) in [5.74, 6) is -0.143. The number of carbonyl (C=O) groups is 1. The van der Waals surface area contributed by atoms with Crippen molar-refractivity contribution in [2.24, 2.45) is 5.92 Å². The maximum absolute atomic E-state index is 11.7. The van der Waals surface area contributed by atoms with Crippen LogP contribution < -0.4 is 10.6 Å². The molecule has 0 aliphatic carbocycles. The molecular weight excluding hydrogens is 237 g/mol. The van der Waals surface area contributed by atoms with Crippen LogP contribution in [0, 0.1) is 5.92 Å². The smallest absolute Gasteiger partial charge is 0.362 e. The molecule has 1 fully saturated rings. The molecule has 4 nitrogen and oxygen atoms in total. The van der Waals surface area contributed by atoms with E-state index in [1.165, 1.54) is 0 Å². The number of rotatable bonds is 5. The second-order valence-electron chi connectivity index (χ2n) is 4.12. The molecule has 0 radical (unpaired) electrons. The molecule has 0 spiro atoms. The maximum Gasteiger partial charge on any atom is 0.411 e. The normalized spacial score (nSPS) is 21.2. The number of amides is 1. The van der Waals surface area contributed by atoms with Gasteiger partial charge in [-0.3, -0.25) is 4.79 Å².